The second kappa shape index (κ2) is 4.78. The number of aromatic amines is 1. The number of fused-ring (bicyclic) bond motifs is 1. The van der Waals surface area contributed by atoms with Gasteiger partial charge in [0.15, 0.2) is 11.0 Å². The maximum absolute atomic E-state index is 11.7. The van der Waals surface area contributed by atoms with E-state index < -0.39 is 0 Å². The van der Waals surface area contributed by atoms with Gasteiger partial charge in [-0.25, -0.2) is 4.98 Å². The molecule has 96 valence electrons. The summed E-state index contributed by atoms with van der Waals surface area (Å²) >= 11 is 5.61. The number of amides is 1. The van der Waals surface area contributed by atoms with Gasteiger partial charge in [-0.1, -0.05) is 12.1 Å². The molecule has 3 rings (SSSR count). The Labute approximate surface area is 113 Å². The van der Waals surface area contributed by atoms with Gasteiger partial charge in [0, 0.05) is 0 Å². The van der Waals surface area contributed by atoms with Crippen LogP contribution in [0.25, 0.3) is 11.0 Å². The van der Waals surface area contributed by atoms with Gasteiger partial charge in [0.25, 0.3) is 5.91 Å². The van der Waals surface area contributed by atoms with E-state index in [4.69, 9.17) is 16.0 Å². The van der Waals surface area contributed by atoms with Crippen molar-refractivity contribution in [3.8, 4) is 0 Å². The molecular formula is C13H10ClN3O2. The van der Waals surface area contributed by atoms with Crippen molar-refractivity contribution in [2.45, 2.75) is 6.54 Å². The molecule has 0 aliphatic rings. The molecule has 2 heterocycles. The predicted molar refractivity (Wildman–Crippen MR) is 71.0 cm³/mol. The largest absolute Gasteiger partial charge is 0.440 e. The van der Waals surface area contributed by atoms with E-state index in [1.807, 2.05) is 24.3 Å². The molecule has 0 unspecified atom stereocenters. The maximum atomic E-state index is 11.7. The number of nitrogens with zero attached hydrogens (tertiary/aromatic N) is 1. The van der Waals surface area contributed by atoms with E-state index in [2.05, 4.69) is 15.3 Å². The quantitative estimate of drug-likeness (QED) is 0.772. The molecule has 2 N–H and O–H groups in total. The van der Waals surface area contributed by atoms with Crippen molar-refractivity contribution in [2.24, 2.45) is 0 Å². The van der Waals surface area contributed by atoms with Crippen molar-refractivity contribution in [3.63, 3.8) is 0 Å². The molecule has 0 radical (unpaired) electrons. The molecule has 3 aromatic rings. The Morgan fingerprint density at radius 1 is 1.32 bits per heavy atom. The molecule has 5 nitrogen and oxygen atoms in total. The summed E-state index contributed by atoms with van der Waals surface area (Å²) in [7, 11) is 0. The fraction of sp³-hybridized carbons (Fsp3) is 0.0769. The highest BCUT2D eigenvalue weighted by Gasteiger charge is 2.11. The van der Waals surface area contributed by atoms with Gasteiger partial charge in [0.2, 0.25) is 0 Å². The van der Waals surface area contributed by atoms with Crippen molar-refractivity contribution in [2.75, 3.05) is 0 Å². The number of furan rings is 1. The Kier molecular flexibility index (Phi) is 2.97. The van der Waals surface area contributed by atoms with Gasteiger partial charge < -0.3 is 14.7 Å². The van der Waals surface area contributed by atoms with Crippen LogP contribution < -0.4 is 5.32 Å². The number of aromatic nitrogens is 2. The topological polar surface area (TPSA) is 70.9 Å². The van der Waals surface area contributed by atoms with Gasteiger partial charge in [-0.05, 0) is 35.9 Å². The molecule has 0 bridgehead atoms. The Balaban J connectivity index is 1.70. The zero-order valence-electron chi connectivity index (χ0n) is 9.81. The molecule has 0 atom stereocenters. The molecule has 0 aliphatic carbocycles. The van der Waals surface area contributed by atoms with Crippen LogP contribution >= 0.6 is 11.6 Å². The number of carbonyl (C=O) groups is 1. The first kappa shape index (κ1) is 11.8. The SMILES string of the molecule is O=C(NCc1nc2ccccc2[nH]1)c1ccc(Cl)o1. The van der Waals surface area contributed by atoms with Gasteiger partial charge in [-0.2, -0.15) is 0 Å². The number of H-pyrrole nitrogens is 1. The fourth-order valence-corrected chi connectivity index (χ4v) is 1.92. The fourth-order valence-electron chi connectivity index (χ4n) is 1.78. The summed E-state index contributed by atoms with van der Waals surface area (Å²) in [6, 6.07) is 10.7. The van der Waals surface area contributed by atoms with Gasteiger partial charge >= 0.3 is 0 Å². The number of halogens is 1. The van der Waals surface area contributed by atoms with E-state index in [1.165, 1.54) is 12.1 Å². The molecule has 0 saturated carbocycles. The van der Waals surface area contributed by atoms with Crippen LogP contribution in [0.5, 0.6) is 0 Å². The van der Waals surface area contributed by atoms with Crippen LogP contribution in [0, 0.1) is 0 Å². The number of hydrogen-bond donors (Lipinski definition) is 2. The van der Waals surface area contributed by atoms with Crippen LogP contribution in [0.4, 0.5) is 0 Å². The highest BCUT2D eigenvalue weighted by molar-refractivity contribution is 6.29. The van der Waals surface area contributed by atoms with Crippen molar-refractivity contribution in [1.29, 1.82) is 0 Å². The molecule has 0 spiro atoms. The van der Waals surface area contributed by atoms with E-state index in [1.54, 1.807) is 0 Å². The van der Waals surface area contributed by atoms with Crippen molar-refractivity contribution < 1.29 is 9.21 Å². The number of benzene rings is 1. The van der Waals surface area contributed by atoms with E-state index in [0.29, 0.717) is 12.4 Å². The number of imidazole rings is 1. The first-order valence-electron chi connectivity index (χ1n) is 5.69. The highest BCUT2D eigenvalue weighted by Crippen LogP contribution is 2.13. The standard InChI is InChI=1S/C13H10ClN3O2/c14-11-6-5-10(19-11)13(18)15-7-12-16-8-3-1-2-4-9(8)17-12/h1-6H,7H2,(H,15,18)(H,16,17). The summed E-state index contributed by atoms with van der Waals surface area (Å²) in [5.41, 5.74) is 1.81. The number of rotatable bonds is 3. The van der Waals surface area contributed by atoms with Crippen molar-refractivity contribution in [3.05, 3.63) is 53.2 Å². The lowest BCUT2D eigenvalue weighted by atomic mass is 10.3. The maximum Gasteiger partial charge on any atom is 0.287 e. The number of hydrogen-bond acceptors (Lipinski definition) is 3. The Hall–Kier alpha value is -2.27. The smallest absolute Gasteiger partial charge is 0.287 e. The van der Waals surface area contributed by atoms with Crippen LogP contribution in [-0.4, -0.2) is 15.9 Å². The van der Waals surface area contributed by atoms with Gasteiger partial charge in [0.1, 0.15) is 5.82 Å². The first-order valence-corrected chi connectivity index (χ1v) is 6.07. The first-order chi connectivity index (χ1) is 9.22. The van der Waals surface area contributed by atoms with E-state index >= 15 is 0 Å². The molecule has 2 aromatic heterocycles. The molecule has 0 saturated heterocycles. The summed E-state index contributed by atoms with van der Waals surface area (Å²) in [5, 5.41) is 2.89. The summed E-state index contributed by atoms with van der Waals surface area (Å²) in [5.74, 6) is 0.542. The third-order valence-corrected chi connectivity index (χ3v) is 2.85. The third kappa shape index (κ3) is 2.46. The number of carbonyl (C=O) groups excluding carboxylic acids is 1. The van der Waals surface area contributed by atoms with E-state index in [-0.39, 0.29) is 16.9 Å². The van der Waals surface area contributed by atoms with Crippen LogP contribution in [-0.2, 0) is 6.54 Å². The molecule has 1 aromatic carbocycles. The average molecular weight is 276 g/mol. The van der Waals surface area contributed by atoms with Crippen molar-refractivity contribution in [1.82, 2.24) is 15.3 Å². The molecule has 6 heteroatoms. The zero-order chi connectivity index (χ0) is 13.2. The zero-order valence-corrected chi connectivity index (χ0v) is 10.6. The Bertz CT molecular complexity index is 699. The molecular weight excluding hydrogens is 266 g/mol. The highest BCUT2D eigenvalue weighted by atomic mass is 35.5. The van der Waals surface area contributed by atoms with Gasteiger partial charge in [-0.15, -0.1) is 0 Å². The number of nitrogens with one attached hydrogen (secondary N) is 2. The van der Waals surface area contributed by atoms with Gasteiger partial charge in [0.05, 0.1) is 17.6 Å². The minimum Gasteiger partial charge on any atom is -0.440 e. The Morgan fingerprint density at radius 2 is 2.16 bits per heavy atom. The minimum absolute atomic E-state index is 0.182. The van der Waals surface area contributed by atoms with Gasteiger partial charge in [-0.3, -0.25) is 4.79 Å². The lowest BCUT2D eigenvalue weighted by Gasteiger charge is -1.99. The lowest BCUT2D eigenvalue weighted by Crippen LogP contribution is -2.22. The molecule has 19 heavy (non-hydrogen) atoms. The summed E-state index contributed by atoms with van der Waals surface area (Å²) in [4.78, 5) is 19.2. The second-order valence-electron chi connectivity index (χ2n) is 3.99. The average Bonchev–Trinajstić information content (AvgIpc) is 3.01. The lowest BCUT2D eigenvalue weighted by molar-refractivity contribution is 0.0922. The van der Waals surface area contributed by atoms with E-state index in [0.717, 1.165) is 11.0 Å². The predicted octanol–water partition coefficient (Wildman–Crippen LogP) is 2.74. The second-order valence-corrected chi connectivity index (χ2v) is 4.36. The summed E-state index contributed by atoms with van der Waals surface area (Å²) < 4.78 is 5.02. The summed E-state index contributed by atoms with van der Waals surface area (Å²) in [6.45, 7) is 0.297. The van der Waals surface area contributed by atoms with Crippen LogP contribution in [0.1, 0.15) is 16.4 Å². The minimum atomic E-state index is -0.327. The van der Waals surface area contributed by atoms with Crippen LogP contribution in [0.3, 0.4) is 0 Å². The normalized spacial score (nSPS) is 10.8. The Morgan fingerprint density at radius 3 is 2.89 bits per heavy atom. The molecule has 0 aliphatic heterocycles. The van der Waals surface area contributed by atoms with Crippen molar-refractivity contribution >= 4 is 28.5 Å². The van der Waals surface area contributed by atoms with E-state index in [9.17, 15) is 4.79 Å². The number of para-hydroxylation sites is 2. The molecule has 0 fully saturated rings. The monoisotopic (exact) mass is 275 g/mol. The molecule has 1 amide bonds. The van der Waals surface area contributed by atoms with Crippen LogP contribution in [0.2, 0.25) is 5.22 Å². The summed E-state index contributed by atoms with van der Waals surface area (Å²) in [6.07, 6.45) is 0. The third-order valence-electron chi connectivity index (χ3n) is 2.65. The van der Waals surface area contributed by atoms with Crippen LogP contribution in [0.15, 0.2) is 40.8 Å².